The minimum absolute atomic E-state index is 0.651. The summed E-state index contributed by atoms with van der Waals surface area (Å²) < 4.78 is 5.16. The van der Waals surface area contributed by atoms with E-state index in [0.29, 0.717) is 6.04 Å². The first-order chi connectivity index (χ1) is 7.29. The highest BCUT2D eigenvalue weighted by Gasteiger charge is 2.23. The predicted molar refractivity (Wildman–Crippen MR) is 64.2 cm³/mol. The zero-order chi connectivity index (χ0) is 11.1. The van der Waals surface area contributed by atoms with Gasteiger partial charge >= 0.3 is 0 Å². The van der Waals surface area contributed by atoms with Crippen molar-refractivity contribution in [3.8, 4) is 0 Å². The van der Waals surface area contributed by atoms with E-state index in [1.54, 1.807) is 7.11 Å². The van der Waals surface area contributed by atoms with Crippen LogP contribution in [0.5, 0.6) is 0 Å². The van der Waals surface area contributed by atoms with Crippen molar-refractivity contribution < 1.29 is 4.74 Å². The molecule has 0 bridgehead atoms. The van der Waals surface area contributed by atoms with E-state index in [0.717, 1.165) is 25.6 Å². The van der Waals surface area contributed by atoms with Crippen LogP contribution in [0, 0.1) is 0 Å². The molecular formula is C12H26N2O. The van der Waals surface area contributed by atoms with Gasteiger partial charge in [-0.05, 0) is 45.8 Å². The summed E-state index contributed by atoms with van der Waals surface area (Å²) in [5.41, 5.74) is 0. The zero-order valence-corrected chi connectivity index (χ0v) is 10.5. The molecule has 0 radical (unpaired) electrons. The highest BCUT2D eigenvalue weighted by molar-refractivity contribution is 4.80. The van der Waals surface area contributed by atoms with Gasteiger partial charge in [0, 0.05) is 25.8 Å². The number of nitrogens with zero attached hydrogens (tertiary/aromatic N) is 1. The van der Waals surface area contributed by atoms with E-state index in [9.17, 15) is 0 Å². The van der Waals surface area contributed by atoms with Crippen molar-refractivity contribution in [1.29, 1.82) is 0 Å². The van der Waals surface area contributed by atoms with E-state index in [1.807, 2.05) is 0 Å². The van der Waals surface area contributed by atoms with Crippen molar-refractivity contribution in [2.75, 3.05) is 33.4 Å². The van der Waals surface area contributed by atoms with Crippen LogP contribution in [0.3, 0.4) is 0 Å². The predicted octanol–water partition coefficient (Wildman–Crippen LogP) is 1.49. The van der Waals surface area contributed by atoms with Crippen LogP contribution in [0.1, 0.15) is 33.1 Å². The van der Waals surface area contributed by atoms with Gasteiger partial charge in [0.2, 0.25) is 0 Å². The SMILES string of the molecule is CCN(C(C)CCOC)C1CCNCC1. The third-order valence-electron chi connectivity index (χ3n) is 3.45. The molecule has 1 unspecified atom stereocenters. The molecule has 90 valence electrons. The summed E-state index contributed by atoms with van der Waals surface area (Å²) >= 11 is 0. The van der Waals surface area contributed by atoms with Crippen molar-refractivity contribution in [2.24, 2.45) is 0 Å². The van der Waals surface area contributed by atoms with Gasteiger partial charge in [0.05, 0.1) is 0 Å². The lowest BCUT2D eigenvalue weighted by Gasteiger charge is -2.38. The zero-order valence-electron chi connectivity index (χ0n) is 10.5. The van der Waals surface area contributed by atoms with Gasteiger partial charge < -0.3 is 10.1 Å². The standard InChI is InChI=1S/C12H26N2O/c1-4-14(11(2)7-10-15-3)12-5-8-13-9-6-12/h11-13H,4-10H2,1-3H3. The first-order valence-corrected chi connectivity index (χ1v) is 6.25. The molecule has 1 fully saturated rings. The van der Waals surface area contributed by atoms with Gasteiger partial charge in [0.1, 0.15) is 0 Å². The number of nitrogens with one attached hydrogen (secondary N) is 1. The summed E-state index contributed by atoms with van der Waals surface area (Å²) in [7, 11) is 1.79. The first-order valence-electron chi connectivity index (χ1n) is 6.25. The summed E-state index contributed by atoms with van der Waals surface area (Å²) in [5, 5.41) is 3.42. The molecule has 0 aromatic carbocycles. The van der Waals surface area contributed by atoms with Crippen LogP contribution < -0.4 is 5.32 Å². The van der Waals surface area contributed by atoms with Gasteiger partial charge in [0.25, 0.3) is 0 Å². The van der Waals surface area contributed by atoms with Gasteiger partial charge in [0.15, 0.2) is 0 Å². The largest absolute Gasteiger partial charge is 0.385 e. The second-order valence-corrected chi connectivity index (χ2v) is 4.44. The van der Waals surface area contributed by atoms with Gasteiger partial charge in [-0.15, -0.1) is 0 Å². The summed E-state index contributed by atoms with van der Waals surface area (Å²) in [6.07, 6.45) is 3.74. The molecule has 0 saturated carbocycles. The van der Waals surface area contributed by atoms with E-state index in [1.165, 1.54) is 25.9 Å². The molecular weight excluding hydrogens is 188 g/mol. The molecule has 1 N–H and O–H groups in total. The molecule has 1 rings (SSSR count). The molecule has 15 heavy (non-hydrogen) atoms. The van der Waals surface area contributed by atoms with Gasteiger partial charge in [-0.2, -0.15) is 0 Å². The van der Waals surface area contributed by atoms with E-state index in [-0.39, 0.29) is 0 Å². The lowest BCUT2D eigenvalue weighted by atomic mass is 10.0. The molecule has 3 heteroatoms. The number of rotatable bonds is 6. The Balaban J connectivity index is 2.37. The van der Waals surface area contributed by atoms with Crippen LogP contribution in [0.4, 0.5) is 0 Å². The maximum absolute atomic E-state index is 5.16. The van der Waals surface area contributed by atoms with Crippen molar-refractivity contribution >= 4 is 0 Å². The summed E-state index contributed by atoms with van der Waals surface area (Å²) in [4.78, 5) is 2.64. The maximum atomic E-state index is 5.16. The molecule has 1 aliphatic rings. The smallest absolute Gasteiger partial charge is 0.0477 e. The topological polar surface area (TPSA) is 24.5 Å². The Morgan fingerprint density at radius 3 is 2.60 bits per heavy atom. The van der Waals surface area contributed by atoms with E-state index >= 15 is 0 Å². The maximum Gasteiger partial charge on any atom is 0.0477 e. The molecule has 0 aliphatic carbocycles. The number of piperidine rings is 1. The lowest BCUT2D eigenvalue weighted by molar-refractivity contribution is 0.0937. The van der Waals surface area contributed by atoms with Gasteiger partial charge in [-0.25, -0.2) is 0 Å². The molecule has 0 amide bonds. The summed E-state index contributed by atoms with van der Waals surface area (Å²) in [6, 6.07) is 1.43. The normalized spacial score (nSPS) is 20.8. The third-order valence-corrected chi connectivity index (χ3v) is 3.45. The van der Waals surface area contributed by atoms with Gasteiger partial charge in [-0.3, -0.25) is 4.90 Å². The summed E-state index contributed by atoms with van der Waals surface area (Å²) in [5.74, 6) is 0. The molecule has 0 aromatic heterocycles. The van der Waals surface area contributed by atoms with E-state index in [4.69, 9.17) is 4.74 Å². The van der Waals surface area contributed by atoms with E-state index in [2.05, 4.69) is 24.1 Å². The molecule has 1 aliphatic heterocycles. The molecule has 0 aromatic rings. The van der Waals surface area contributed by atoms with Crippen molar-refractivity contribution in [3.05, 3.63) is 0 Å². The fraction of sp³-hybridized carbons (Fsp3) is 1.00. The van der Waals surface area contributed by atoms with Crippen LogP contribution in [0.2, 0.25) is 0 Å². The van der Waals surface area contributed by atoms with Gasteiger partial charge in [-0.1, -0.05) is 6.92 Å². The quantitative estimate of drug-likeness (QED) is 0.725. The molecule has 0 spiro atoms. The second-order valence-electron chi connectivity index (χ2n) is 4.44. The molecule has 1 heterocycles. The van der Waals surface area contributed by atoms with Crippen molar-refractivity contribution in [3.63, 3.8) is 0 Å². The number of ether oxygens (including phenoxy) is 1. The van der Waals surface area contributed by atoms with Crippen molar-refractivity contribution in [2.45, 2.75) is 45.2 Å². The third kappa shape index (κ3) is 4.09. The van der Waals surface area contributed by atoms with Crippen molar-refractivity contribution in [1.82, 2.24) is 10.2 Å². The van der Waals surface area contributed by atoms with Crippen LogP contribution >= 0.6 is 0 Å². The van der Waals surface area contributed by atoms with E-state index < -0.39 is 0 Å². The monoisotopic (exact) mass is 214 g/mol. The Morgan fingerprint density at radius 1 is 1.40 bits per heavy atom. The minimum atomic E-state index is 0.651. The second kappa shape index (κ2) is 7.20. The Morgan fingerprint density at radius 2 is 2.07 bits per heavy atom. The molecule has 1 saturated heterocycles. The number of hydrogen-bond acceptors (Lipinski definition) is 3. The molecule has 3 nitrogen and oxygen atoms in total. The highest BCUT2D eigenvalue weighted by Crippen LogP contribution is 2.16. The molecule has 1 atom stereocenters. The Bertz CT molecular complexity index is 158. The average Bonchev–Trinajstić information content (AvgIpc) is 2.29. The van der Waals surface area contributed by atoms with Crippen LogP contribution in [0.25, 0.3) is 0 Å². The fourth-order valence-corrected chi connectivity index (χ4v) is 2.52. The van der Waals surface area contributed by atoms with Crippen LogP contribution in [-0.4, -0.2) is 50.3 Å². The number of hydrogen-bond donors (Lipinski definition) is 1. The Hall–Kier alpha value is -0.120. The average molecular weight is 214 g/mol. The fourth-order valence-electron chi connectivity index (χ4n) is 2.52. The Labute approximate surface area is 94.2 Å². The lowest BCUT2D eigenvalue weighted by Crippen LogP contribution is -2.47. The minimum Gasteiger partial charge on any atom is -0.385 e. The highest BCUT2D eigenvalue weighted by atomic mass is 16.5. The number of methoxy groups -OCH3 is 1. The van der Waals surface area contributed by atoms with Crippen LogP contribution in [-0.2, 0) is 4.74 Å². The van der Waals surface area contributed by atoms with Crippen LogP contribution in [0.15, 0.2) is 0 Å². The summed E-state index contributed by atoms with van der Waals surface area (Å²) in [6.45, 7) is 8.99. The Kier molecular flexibility index (Phi) is 6.22. The first kappa shape index (κ1) is 12.9.